The molecule has 2 heterocycles. The van der Waals surface area contributed by atoms with Crippen LogP contribution in [0.1, 0.15) is 11.4 Å². The quantitative estimate of drug-likeness (QED) is 0.492. The van der Waals surface area contributed by atoms with Gasteiger partial charge in [0.1, 0.15) is 6.61 Å². The summed E-state index contributed by atoms with van der Waals surface area (Å²) < 4.78 is 6.66. The number of hydrogen-bond donors (Lipinski definition) is 0. The molecule has 58 valence electrons. The second kappa shape index (κ2) is 2.08. The fraction of sp³-hybridized carbons (Fsp3) is 0.429. The third kappa shape index (κ3) is 0.906. The molecule has 0 bridgehead atoms. The van der Waals surface area contributed by atoms with Crippen molar-refractivity contribution in [2.75, 3.05) is 0 Å². The number of carbonyl (C=O) groups excluding carboxylic acids is 1. The first-order valence-corrected chi connectivity index (χ1v) is 3.42. The van der Waals surface area contributed by atoms with Gasteiger partial charge in [-0.1, -0.05) is 0 Å². The number of esters is 1. The maximum atomic E-state index is 10.8. The lowest BCUT2D eigenvalue weighted by molar-refractivity contribution is -0.145. The Morgan fingerprint density at radius 3 is 3.36 bits per heavy atom. The molecule has 0 aliphatic carbocycles. The molecule has 0 aromatic carbocycles. The molecule has 11 heavy (non-hydrogen) atoms. The van der Waals surface area contributed by atoms with E-state index < -0.39 is 0 Å². The molecule has 0 spiro atoms. The first kappa shape index (κ1) is 6.39. The van der Waals surface area contributed by atoms with Crippen LogP contribution in [-0.2, 0) is 29.6 Å². The lowest BCUT2D eigenvalue weighted by atomic mass is 10.2. The second-order valence-electron chi connectivity index (χ2n) is 2.59. The van der Waals surface area contributed by atoms with Gasteiger partial charge in [0.2, 0.25) is 0 Å². The number of aryl methyl sites for hydroxylation is 1. The van der Waals surface area contributed by atoms with Crippen molar-refractivity contribution in [3.63, 3.8) is 0 Å². The Labute approximate surface area is 63.8 Å². The van der Waals surface area contributed by atoms with Crippen molar-refractivity contribution in [1.29, 1.82) is 0 Å². The highest BCUT2D eigenvalue weighted by atomic mass is 16.5. The van der Waals surface area contributed by atoms with Gasteiger partial charge < -0.3 is 9.30 Å². The standard InChI is InChI=1S/C7H8N2O2/c1-9-4-8-5-3-11-7(10)2-6(5)9/h4H,2-3H2,1H3. The number of hydrogen-bond acceptors (Lipinski definition) is 3. The predicted molar refractivity (Wildman–Crippen MR) is 36.7 cm³/mol. The van der Waals surface area contributed by atoms with Crippen LogP contribution in [0.15, 0.2) is 6.33 Å². The van der Waals surface area contributed by atoms with Crippen LogP contribution < -0.4 is 0 Å². The fourth-order valence-electron chi connectivity index (χ4n) is 1.19. The van der Waals surface area contributed by atoms with Gasteiger partial charge in [-0.3, -0.25) is 4.79 Å². The van der Waals surface area contributed by atoms with E-state index >= 15 is 0 Å². The molecular formula is C7H8N2O2. The molecule has 0 N–H and O–H groups in total. The van der Waals surface area contributed by atoms with Gasteiger partial charge in [0.25, 0.3) is 0 Å². The van der Waals surface area contributed by atoms with Crippen molar-refractivity contribution in [2.24, 2.45) is 7.05 Å². The zero-order valence-corrected chi connectivity index (χ0v) is 6.20. The van der Waals surface area contributed by atoms with E-state index in [1.165, 1.54) is 0 Å². The SMILES string of the molecule is Cn1cnc2c1CC(=O)OC2. The number of cyclic esters (lactones) is 1. The van der Waals surface area contributed by atoms with E-state index in [1.807, 2.05) is 11.6 Å². The van der Waals surface area contributed by atoms with Crippen LogP contribution in [0.2, 0.25) is 0 Å². The Hall–Kier alpha value is -1.32. The zero-order valence-electron chi connectivity index (χ0n) is 6.20. The summed E-state index contributed by atoms with van der Waals surface area (Å²) >= 11 is 0. The highest BCUT2D eigenvalue weighted by molar-refractivity contribution is 5.73. The topological polar surface area (TPSA) is 44.1 Å². The maximum absolute atomic E-state index is 10.8. The van der Waals surface area contributed by atoms with Crippen LogP contribution in [0.3, 0.4) is 0 Å². The van der Waals surface area contributed by atoms with E-state index in [2.05, 4.69) is 4.98 Å². The van der Waals surface area contributed by atoms with Crippen molar-refractivity contribution < 1.29 is 9.53 Å². The molecule has 0 unspecified atom stereocenters. The lowest BCUT2D eigenvalue weighted by Gasteiger charge is -2.11. The Kier molecular flexibility index (Phi) is 1.21. The number of rotatable bonds is 0. The monoisotopic (exact) mass is 152 g/mol. The minimum atomic E-state index is -0.166. The molecule has 1 aromatic rings. The number of imidazole rings is 1. The van der Waals surface area contributed by atoms with Crippen LogP contribution >= 0.6 is 0 Å². The average molecular weight is 152 g/mol. The first-order chi connectivity index (χ1) is 5.27. The average Bonchev–Trinajstić information content (AvgIpc) is 2.33. The minimum absolute atomic E-state index is 0.166. The molecule has 4 nitrogen and oxygen atoms in total. The fourth-order valence-corrected chi connectivity index (χ4v) is 1.19. The van der Waals surface area contributed by atoms with Gasteiger partial charge in [-0.05, 0) is 0 Å². The zero-order chi connectivity index (χ0) is 7.84. The van der Waals surface area contributed by atoms with Crippen molar-refractivity contribution in [3.05, 3.63) is 17.7 Å². The third-order valence-corrected chi connectivity index (χ3v) is 1.83. The number of ether oxygens (including phenoxy) is 1. The molecule has 0 radical (unpaired) electrons. The second-order valence-corrected chi connectivity index (χ2v) is 2.59. The summed E-state index contributed by atoms with van der Waals surface area (Å²) in [6.45, 7) is 0.328. The Morgan fingerprint density at radius 2 is 2.55 bits per heavy atom. The minimum Gasteiger partial charge on any atom is -0.459 e. The van der Waals surface area contributed by atoms with Gasteiger partial charge in [0.05, 0.1) is 24.1 Å². The summed E-state index contributed by atoms with van der Waals surface area (Å²) in [7, 11) is 1.88. The summed E-state index contributed by atoms with van der Waals surface area (Å²) in [5, 5.41) is 0. The largest absolute Gasteiger partial charge is 0.459 e. The van der Waals surface area contributed by atoms with Crippen LogP contribution in [0.25, 0.3) is 0 Å². The maximum Gasteiger partial charge on any atom is 0.312 e. The van der Waals surface area contributed by atoms with Gasteiger partial charge in [0.15, 0.2) is 0 Å². The molecule has 0 atom stereocenters. The molecule has 1 aliphatic rings. The van der Waals surface area contributed by atoms with Crippen molar-refractivity contribution >= 4 is 5.97 Å². The van der Waals surface area contributed by atoms with Crippen molar-refractivity contribution in [1.82, 2.24) is 9.55 Å². The van der Waals surface area contributed by atoms with Crippen LogP contribution in [0.5, 0.6) is 0 Å². The van der Waals surface area contributed by atoms with Crippen molar-refractivity contribution in [3.8, 4) is 0 Å². The first-order valence-electron chi connectivity index (χ1n) is 3.42. The number of fused-ring (bicyclic) bond motifs is 1. The molecule has 2 rings (SSSR count). The summed E-state index contributed by atoms with van der Waals surface area (Å²) in [6, 6.07) is 0. The van der Waals surface area contributed by atoms with E-state index in [9.17, 15) is 4.79 Å². The Balaban J connectivity index is 2.45. The number of carbonyl (C=O) groups is 1. The van der Waals surface area contributed by atoms with E-state index in [0.29, 0.717) is 13.0 Å². The van der Waals surface area contributed by atoms with E-state index in [-0.39, 0.29) is 5.97 Å². The predicted octanol–water partition coefficient (Wildman–Crippen LogP) is 0.0194. The van der Waals surface area contributed by atoms with E-state index in [4.69, 9.17) is 4.74 Å². The van der Waals surface area contributed by atoms with Crippen LogP contribution in [0.4, 0.5) is 0 Å². The van der Waals surface area contributed by atoms with Gasteiger partial charge in [0, 0.05) is 7.05 Å². The van der Waals surface area contributed by atoms with Crippen molar-refractivity contribution in [2.45, 2.75) is 13.0 Å². The number of aromatic nitrogens is 2. The molecular weight excluding hydrogens is 144 g/mol. The summed E-state index contributed by atoms with van der Waals surface area (Å²) in [4.78, 5) is 14.9. The Morgan fingerprint density at radius 1 is 1.73 bits per heavy atom. The van der Waals surface area contributed by atoms with Gasteiger partial charge in [-0.25, -0.2) is 4.98 Å². The molecule has 1 aliphatic heterocycles. The van der Waals surface area contributed by atoms with Gasteiger partial charge >= 0.3 is 5.97 Å². The smallest absolute Gasteiger partial charge is 0.312 e. The van der Waals surface area contributed by atoms with E-state index in [0.717, 1.165) is 11.4 Å². The highest BCUT2D eigenvalue weighted by Crippen LogP contribution is 2.14. The molecule has 0 saturated heterocycles. The van der Waals surface area contributed by atoms with E-state index in [1.54, 1.807) is 6.33 Å². The normalized spacial score (nSPS) is 15.9. The molecule has 0 fully saturated rings. The highest BCUT2D eigenvalue weighted by Gasteiger charge is 2.19. The molecule has 0 saturated carbocycles. The van der Waals surface area contributed by atoms with Gasteiger partial charge in [-0.15, -0.1) is 0 Å². The third-order valence-electron chi connectivity index (χ3n) is 1.83. The lowest BCUT2D eigenvalue weighted by Crippen LogP contribution is -2.17. The Bertz CT molecular complexity index is 303. The van der Waals surface area contributed by atoms with Crippen LogP contribution in [0, 0.1) is 0 Å². The molecule has 0 amide bonds. The molecule has 1 aromatic heterocycles. The summed E-state index contributed by atoms with van der Waals surface area (Å²) in [5.41, 5.74) is 1.85. The molecule has 4 heteroatoms. The van der Waals surface area contributed by atoms with Crippen LogP contribution in [-0.4, -0.2) is 15.5 Å². The summed E-state index contributed by atoms with van der Waals surface area (Å²) in [6.07, 6.45) is 2.05. The summed E-state index contributed by atoms with van der Waals surface area (Å²) in [5.74, 6) is -0.166. The number of nitrogens with zero attached hydrogens (tertiary/aromatic N) is 2. The van der Waals surface area contributed by atoms with Gasteiger partial charge in [-0.2, -0.15) is 0 Å².